The Kier molecular flexibility index (Phi) is 12.1. The van der Waals surface area contributed by atoms with Gasteiger partial charge in [0.15, 0.2) is 23.2 Å². The minimum absolute atomic E-state index is 0.0214. The number of phenolic OH excluding ortho intramolecular Hbond substituents is 3. The first-order valence-corrected chi connectivity index (χ1v) is 17.1. The Labute approximate surface area is 317 Å². The van der Waals surface area contributed by atoms with Gasteiger partial charge in [-0.1, -0.05) is 6.07 Å². The van der Waals surface area contributed by atoms with Gasteiger partial charge in [-0.3, -0.25) is 4.79 Å². The number of rotatable bonds is 11. The molecular formula is C38H40O18. The highest BCUT2D eigenvalue weighted by molar-refractivity contribution is 5.88. The zero-order valence-corrected chi connectivity index (χ0v) is 29.7. The van der Waals surface area contributed by atoms with Crippen molar-refractivity contribution < 1.29 is 83.6 Å². The third-order valence-corrected chi connectivity index (χ3v) is 9.48. The molecule has 0 amide bonds. The van der Waals surface area contributed by atoms with Crippen molar-refractivity contribution in [1.29, 1.82) is 0 Å². The van der Waals surface area contributed by atoms with E-state index in [4.69, 9.17) is 32.8 Å². The SMILES string of the molecule is COc1cc(C=CC(=O)OCC2OC(OC3C(c4c(OC)cc5oc(-c6ccc(O)cc6)cc(=O)c5c4O)OC(CO)C(O)C3O)C(O)C(O)C2O)ccc1O. The molecule has 18 nitrogen and oxygen atoms in total. The first kappa shape index (κ1) is 40.4. The molecule has 10 unspecified atom stereocenters. The number of methoxy groups -OCH3 is 2. The summed E-state index contributed by atoms with van der Waals surface area (Å²) in [6, 6.07) is 12.5. The van der Waals surface area contributed by atoms with Crippen LogP contribution in [0.25, 0.3) is 28.4 Å². The van der Waals surface area contributed by atoms with Gasteiger partial charge in [-0.05, 0) is 48.0 Å². The van der Waals surface area contributed by atoms with Crippen LogP contribution in [0.2, 0.25) is 0 Å². The van der Waals surface area contributed by atoms with Crippen molar-refractivity contribution >= 4 is 23.0 Å². The fourth-order valence-corrected chi connectivity index (χ4v) is 6.48. The third-order valence-electron chi connectivity index (χ3n) is 9.48. The number of fused-ring (bicyclic) bond motifs is 1. The molecule has 3 heterocycles. The Morgan fingerprint density at radius 3 is 2.18 bits per heavy atom. The summed E-state index contributed by atoms with van der Waals surface area (Å²) < 4.78 is 39.2. The number of benzene rings is 3. The molecule has 2 aliphatic rings. The second-order valence-corrected chi connectivity index (χ2v) is 13.0. The van der Waals surface area contributed by atoms with E-state index in [9.17, 15) is 55.5 Å². The van der Waals surface area contributed by atoms with Crippen molar-refractivity contribution in [3.8, 4) is 40.1 Å². The number of hydrogen-bond acceptors (Lipinski definition) is 18. The molecule has 18 heteroatoms. The highest BCUT2D eigenvalue weighted by Crippen LogP contribution is 2.46. The van der Waals surface area contributed by atoms with Crippen LogP contribution in [-0.2, 0) is 23.7 Å². The molecular weight excluding hydrogens is 744 g/mol. The lowest BCUT2D eigenvalue weighted by atomic mass is 9.89. The number of phenols is 3. The maximum Gasteiger partial charge on any atom is 0.330 e. The first-order valence-electron chi connectivity index (χ1n) is 17.1. The highest BCUT2D eigenvalue weighted by Gasteiger charge is 2.52. The maximum atomic E-state index is 13.5. The molecule has 2 aliphatic heterocycles. The first-order chi connectivity index (χ1) is 26.8. The van der Waals surface area contributed by atoms with E-state index in [1.54, 1.807) is 0 Å². The number of hydrogen-bond donors (Lipinski definition) is 9. The van der Waals surface area contributed by atoms with Gasteiger partial charge in [-0.15, -0.1) is 0 Å². The van der Waals surface area contributed by atoms with Crippen molar-refractivity contribution in [2.24, 2.45) is 0 Å². The lowest BCUT2D eigenvalue weighted by molar-refractivity contribution is -0.342. The van der Waals surface area contributed by atoms with Crippen LogP contribution in [-0.4, -0.2) is 134 Å². The van der Waals surface area contributed by atoms with E-state index in [1.807, 2.05) is 0 Å². The molecule has 0 radical (unpaired) electrons. The number of ether oxygens (including phenoxy) is 6. The number of aromatic hydroxyl groups is 3. The van der Waals surface area contributed by atoms with Gasteiger partial charge in [-0.25, -0.2) is 4.79 Å². The minimum atomic E-state index is -2.00. The number of carbonyl (C=O) groups is 1. The van der Waals surface area contributed by atoms with Gasteiger partial charge in [0, 0.05) is 23.8 Å². The zero-order valence-electron chi connectivity index (χ0n) is 29.7. The molecule has 10 atom stereocenters. The summed E-state index contributed by atoms with van der Waals surface area (Å²) >= 11 is 0. The number of esters is 1. The Balaban J connectivity index is 1.28. The van der Waals surface area contributed by atoms with Crippen LogP contribution in [0.3, 0.4) is 0 Å². The van der Waals surface area contributed by atoms with Gasteiger partial charge in [0.25, 0.3) is 0 Å². The van der Waals surface area contributed by atoms with Gasteiger partial charge in [0.05, 0.1) is 26.4 Å². The number of carbonyl (C=O) groups excluding carboxylic acids is 1. The average Bonchev–Trinajstić information content (AvgIpc) is 3.19. The van der Waals surface area contributed by atoms with Crippen LogP contribution >= 0.6 is 0 Å². The standard InChI is InChI=1S/C38H40O18/c1-50-22-11-16(3-9-19(22)41)4-10-27(43)52-15-26-31(45)33(47)35(49)38(55-26)56-37-34(48)30(44)25(14-39)54-36(37)29-23(51-2)13-24-28(32(29)46)20(42)12-21(53-24)17-5-7-18(40)8-6-17/h3-13,25-26,30-31,33-41,44-49H,14-15H2,1-2H3. The molecule has 56 heavy (non-hydrogen) atoms. The summed E-state index contributed by atoms with van der Waals surface area (Å²) in [7, 11) is 2.57. The van der Waals surface area contributed by atoms with E-state index >= 15 is 0 Å². The smallest absolute Gasteiger partial charge is 0.330 e. The molecule has 0 bridgehead atoms. The maximum absolute atomic E-state index is 13.5. The predicted octanol–water partition coefficient (Wildman–Crippen LogP) is 0.197. The second-order valence-electron chi connectivity index (χ2n) is 13.0. The Morgan fingerprint density at radius 1 is 0.804 bits per heavy atom. The summed E-state index contributed by atoms with van der Waals surface area (Å²) in [6.45, 7) is -1.50. The quantitative estimate of drug-likeness (QED) is 0.0725. The Hall–Kier alpha value is -5.28. The molecule has 0 saturated carbocycles. The molecule has 6 rings (SSSR count). The largest absolute Gasteiger partial charge is 0.508 e. The average molecular weight is 785 g/mol. The van der Waals surface area contributed by atoms with Gasteiger partial charge in [-0.2, -0.15) is 0 Å². The Bertz CT molecular complexity index is 2110. The summed E-state index contributed by atoms with van der Waals surface area (Å²) in [5, 5.41) is 95.2. The zero-order chi connectivity index (χ0) is 40.4. The van der Waals surface area contributed by atoms with E-state index in [2.05, 4.69) is 0 Å². The predicted molar refractivity (Wildman–Crippen MR) is 191 cm³/mol. The van der Waals surface area contributed by atoms with Crippen LogP contribution < -0.4 is 14.9 Å². The van der Waals surface area contributed by atoms with Crippen molar-refractivity contribution in [2.45, 2.75) is 61.2 Å². The van der Waals surface area contributed by atoms with Crippen LogP contribution in [0.1, 0.15) is 17.2 Å². The van der Waals surface area contributed by atoms with Crippen molar-refractivity contribution in [3.63, 3.8) is 0 Å². The van der Waals surface area contributed by atoms with Crippen molar-refractivity contribution in [1.82, 2.24) is 0 Å². The van der Waals surface area contributed by atoms with E-state index < -0.39 is 91.6 Å². The lowest BCUT2D eigenvalue weighted by Gasteiger charge is -2.46. The van der Waals surface area contributed by atoms with Crippen LogP contribution in [0, 0.1) is 0 Å². The van der Waals surface area contributed by atoms with Crippen LogP contribution in [0.15, 0.2) is 69.9 Å². The second kappa shape index (κ2) is 16.8. The van der Waals surface area contributed by atoms with Crippen molar-refractivity contribution in [3.05, 3.63) is 82.0 Å². The topological polar surface area (TPSA) is 285 Å². The highest BCUT2D eigenvalue weighted by atomic mass is 16.7. The molecule has 1 aromatic heterocycles. The molecule has 4 aromatic rings. The molecule has 9 N–H and O–H groups in total. The molecule has 0 aliphatic carbocycles. The fraction of sp³-hybridized carbons (Fsp3) is 0.368. The molecule has 2 saturated heterocycles. The molecule has 2 fully saturated rings. The van der Waals surface area contributed by atoms with E-state index in [0.29, 0.717) is 11.1 Å². The van der Waals surface area contributed by atoms with E-state index in [1.165, 1.54) is 68.8 Å². The minimum Gasteiger partial charge on any atom is -0.508 e. The molecule has 3 aromatic carbocycles. The lowest BCUT2D eigenvalue weighted by Crippen LogP contribution is -2.63. The van der Waals surface area contributed by atoms with Gasteiger partial charge >= 0.3 is 5.97 Å². The van der Waals surface area contributed by atoms with Gasteiger partial charge < -0.3 is 78.8 Å². The molecule has 300 valence electrons. The monoisotopic (exact) mass is 784 g/mol. The van der Waals surface area contributed by atoms with E-state index in [-0.39, 0.29) is 45.3 Å². The molecule has 0 spiro atoms. The Morgan fingerprint density at radius 2 is 1.50 bits per heavy atom. The van der Waals surface area contributed by atoms with E-state index in [0.717, 1.165) is 12.1 Å². The summed E-state index contributed by atoms with van der Waals surface area (Å²) in [5.74, 6) is -1.70. The number of aliphatic hydroxyl groups is 6. The summed E-state index contributed by atoms with van der Waals surface area (Å²) in [5.41, 5.74) is -0.256. The van der Waals surface area contributed by atoms with Crippen molar-refractivity contribution in [2.75, 3.05) is 27.4 Å². The normalized spacial score (nSPS) is 28.0. The van der Waals surface area contributed by atoms with Gasteiger partial charge in [0.2, 0.25) is 0 Å². The van der Waals surface area contributed by atoms with Crippen LogP contribution in [0.4, 0.5) is 0 Å². The van der Waals surface area contributed by atoms with Crippen LogP contribution in [0.5, 0.6) is 28.7 Å². The van der Waals surface area contributed by atoms with Gasteiger partial charge in [0.1, 0.15) is 95.5 Å². The fourth-order valence-electron chi connectivity index (χ4n) is 6.48. The summed E-state index contributed by atoms with van der Waals surface area (Å²) in [6.07, 6.45) is -15.5. The number of aliphatic hydroxyl groups excluding tert-OH is 6. The summed E-state index contributed by atoms with van der Waals surface area (Å²) in [4.78, 5) is 26.0. The third kappa shape index (κ3) is 8.01.